The molecular formula is C22H38O4. The summed E-state index contributed by atoms with van der Waals surface area (Å²) < 4.78 is 24.6. The molecule has 0 unspecified atom stereocenters. The van der Waals surface area contributed by atoms with Crippen molar-refractivity contribution in [2.45, 2.75) is 89.6 Å². The van der Waals surface area contributed by atoms with Gasteiger partial charge in [0.25, 0.3) is 0 Å². The monoisotopic (exact) mass is 366 g/mol. The van der Waals surface area contributed by atoms with Gasteiger partial charge in [-0.3, -0.25) is 0 Å². The molecule has 2 aliphatic heterocycles. The summed E-state index contributed by atoms with van der Waals surface area (Å²) in [5, 5.41) is 0. The molecule has 0 bridgehead atoms. The lowest BCUT2D eigenvalue weighted by molar-refractivity contribution is -0.0652. The molecule has 2 saturated carbocycles. The molecule has 150 valence electrons. The zero-order valence-corrected chi connectivity index (χ0v) is 16.7. The van der Waals surface area contributed by atoms with Gasteiger partial charge in [0, 0.05) is 0 Å². The molecule has 4 heteroatoms. The second-order valence-corrected chi connectivity index (χ2v) is 9.59. The molecule has 0 radical (unpaired) electrons. The molecule has 4 rings (SSSR count). The predicted octanol–water partition coefficient (Wildman–Crippen LogP) is 4.21. The van der Waals surface area contributed by atoms with E-state index < -0.39 is 0 Å². The van der Waals surface area contributed by atoms with E-state index in [1.807, 2.05) is 0 Å². The molecule has 0 spiro atoms. The van der Waals surface area contributed by atoms with Crippen LogP contribution in [0.1, 0.15) is 65.2 Å². The third-order valence-corrected chi connectivity index (χ3v) is 7.33. The first kappa shape index (κ1) is 19.2. The molecule has 2 heterocycles. The summed E-state index contributed by atoms with van der Waals surface area (Å²) in [5.74, 6) is 3.25. The summed E-state index contributed by atoms with van der Waals surface area (Å²) in [6, 6.07) is 0. The molecule has 0 N–H and O–H groups in total. The lowest BCUT2D eigenvalue weighted by Gasteiger charge is -2.27. The van der Waals surface area contributed by atoms with E-state index in [-0.39, 0.29) is 24.4 Å². The van der Waals surface area contributed by atoms with Gasteiger partial charge in [0.05, 0.1) is 26.4 Å². The summed E-state index contributed by atoms with van der Waals surface area (Å²) in [5.41, 5.74) is 0. The van der Waals surface area contributed by atoms with E-state index in [1.165, 1.54) is 51.4 Å². The van der Waals surface area contributed by atoms with Crippen molar-refractivity contribution in [3.63, 3.8) is 0 Å². The van der Waals surface area contributed by atoms with E-state index in [9.17, 15) is 0 Å². The van der Waals surface area contributed by atoms with Gasteiger partial charge in [0.15, 0.2) is 0 Å². The highest BCUT2D eigenvalue weighted by atomic mass is 16.6. The lowest BCUT2D eigenvalue weighted by Crippen LogP contribution is -2.35. The average molecular weight is 367 g/mol. The van der Waals surface area contributed by atoms with Crippen molar-refractivity contribution in [1.82, 2.24) is 0 Å². The highest BCUT2D eigenvalue weighted by molar-refractivity contribution is 4.96. The van der Waals surface area contributed by atoms with Crippen LogP contribution in [-0.2, 0) is 18.9 Å². The minimum Gasteiger partial charge on any atom is -0.373 e. The van der Waals surface area contributed by atoms with Crippen LogP contribution in [-0.4, -0.2) is 50.8 Å². The third kappa shape index (κ3) is 4.63. The molecule has 0 aromatic rings. The largest absolute Gasteiger partial charge is 0.373 e. The Morgan fingerprint density at radius 1 is 0.615 bits per heavy atom. The fourth-order valence-corrected chi connectivity index (χ4v) is 5.23. The Bertz CT molecular complexity index is 386. The highest BCUT2D eigenvalue weighted by Crippen LogP contribution is 2.34. The molecule has 0 amide bonds. The quantitative estimate of drug-likeness (QED) is 0.706. The van der Waals surface area contributed by atoms with E-state index in [0.717, 1.165) is 36.9 Å². The van der Waals surface area contributed by atoms with Crippen molar-refractivity contribution >= 4 is 0 Å². The minimum absolute atomic E-state index is 0.0777. The summed E-state index contributed by atoms with van der Waals surface area (Å²) in [6.07, 6.45) is 11.0. The molecule has 4 atom stereocenters. The second kappa shape index (κ2) is 8.89. The second-order valence-electron chi connectivity index (χ2n) is 9.59. The van der Waals surface area contributed by atoms with E-state index in [1.54, 1.807) is 0 Å². The Morgan fingerprint density at radius 3 is 1.38 bits per heavy atom. The van der Waals surface area contributed by atoms with Crippen molar-refractivity contribution in [3.8, 4) is 0 Å². The van der Waals surface area contributed by atoms with Gasteiger partial charge in [-0.15, -0.1) is 0 Å². The van der Waals surface area contributed by atoms with Crippen LogP contribution in [0.15, 0.2) is 0 Å². The van der Waals surface area contributed by atoms with E-state index in [2.05, 4.69) is 13.8 Å². The zero-order valence-electron chi connectivity index (χ0n) is 16.7. The molecule has 4 fully saturated rings. The van der Waals surface area contributed by atoms with Crippen LogP contribution in [0.25, 0.3) is 0 Å². The number of hydrogen-bond donors (Lipinski definition) is 0. The van der Waals surface area contributed by atoms with E-state index in [0.29, 0.717) is 13.2 Å². The Hall–Kier alpha value is -0.160. The standard InChI is InChI=1S/C22H38O4/c1-15-3-7-17(8-4-15)11-23-19-13-25-22-20(14-26-21(19)22)24-12-18-9-5-16(2)6-10-18/h15-22H,3-14H2,1-2H3/t15?,16?,17?,18?,19-,20-,21+,22+/m0/s1. The van der Waals surface area contributed by atoms with Crippen LogP contribution < -0.4 is 0 Å². The van der Waals surface area contributed by atoms with Crippen LogP contribution >= 0.6 is 0 Å². The fraction of sp³-hybridized carbons (Fsp3) is 1.00. The Kier molecular flexibility index (Phi) is 6.56. The summed E-state index contributed by atoms with van der Waals surface area (Å²) in [6.45, 7) is 7.82. The highest BCUT2D eigenvalue weighted by Gasteiger charge is 2.49. The van der Waals surface area contributed by atoms with Crippen LogP contribution in [0.4, 0.5) is 0 Å². The molecule has 26 heavy (non-hydrogen) atoms. The van der Waals surface area contributed by atoms with Crippen LogP contribution in [0, 0.1) is 23.7 Å². The smallest absolute Gasteiger partial charge is 0.115 e. The number of ether oxygens (including phenoxy) is 4. The first-order valence-electron chi connectivity index (χ1n) is 11.2. The summed E-state index contributed by atoms with van der Waals surface area (Å²) in [4.78, 5) is 0. The van der Waals surface area contributed by atoms with Crippen LogP contribution in [0.2, 0.25) is 0 Å². The SMILES string of the molecule is CC1CCC(CO[C@H]2CO[C@H]3[C@@H]2OC[C@@H]3OCC2CCC(C)CC2)CC1. The topological polar surface area (TPSA) is 36.9 Å². The lowest BCUT2D eigenvalue weighted by atomic mass is 9.83. The van der Waals surface area contributed by atoms with Gasteiger partial charge < -0.3 is 18.9 Å². The summed E-state index contributed by atoms with van der Waals surface area (Å²) in [7, 11) is 0. The number of hydrogen-bond acceptors (Lipinski definition) is 4. The van der Waals surface area contributed by atoms with E-state index in [4.69, 9.17) is 18.9 Å². The maximum Gasteiger partial charge on any atom is 0.115 e. The number of fused-ring (bicyclic) bond motifs is 1. The first-order chi connectivity index (χ1) is 12.7. The molecule has 4 aliphatic rings. The van der Waals surface area contributed by atoms with Crippen LogP contribution in [0.5, 0.6) is 0 Å². The average Bonchev–Trinajstić information content (AvgIpc) is 3.23. The summed E-state index contributed by atoms with van der Waals surface area (Å²) >= 11 is 0. The van der Waals surface area contributed by atoms with Gasteiger partial charge in [-0.25, -0.2) is 0 Å². The van der Waals surface area contributed by atoms with Gasteiger partial charge >= 0.3 is 0 Å². The molecule has 0 aromatic carbocycles. The van der Waals surface area contributed by atoms with Gasteiger partial charge in [-0.2, -0.15) is 0 Å². The van der Waals surface area contributed by atoms with Gasteiger partial charge in [-0.1, -0.05) is 39.5 Å². The van der Waals surface area contributed by atoms with Gasteiger partial charge in [0.2, 0.25) is 0 Å². The number of rotatable bonds is 6. The maximum atomic E-state index is 6.24. The molecule has 0 aromatic heterocycles. The van der Waals surface area contributed by atoms with Crippen molar-refractivity contribution in [1.29, 1.82) is 0 Å². The fourth-order valence-electron chi connectivity index (χ4n) is 5.23. The Morgan fingerprint density at radius 2 is 1.00 bits per heavy atom. The predicted molar refractivity (Wildman–Crippen MR) is 101 cm³/mol. The molecule has 2 saturated heterocycles. The maximum absolute atomic E-state index is 6.24. The zero-order chi connectivity index (χ0) is 17.9. The Balaban J connectivity index is 1.18. The van der Waals surface area contributed by atoms with Crippen molar-refractivity contribution < 1.29 is 18.9 Å². The van der Waals surface area contributed by atoms with Crippen molar-refractivity contribution in [2.24, 2.45) is 23.7 Å². The van der Waals surface area contributed by atoms with Crippen LogP contribution in [0.3, 0.4) is 0 Å². The van der Waals surface area contributed by atoms with E-state index >= 15 is 0 Å². The normalized spacial score (nSPS) is 46.4. The van der Waals surface area contributed by atoms with Crippen molar-refractivity contribution in [3.05, 3.63) is 0 Å². The third-order valence-electron chi connectivity index (χ3n) is 7.33. The van der Waals surface area contributed by atoms with Crippen molar-refractivity contribution in [2.75, 3.05) is 26.4 Å². The van der Waals surface area contributed by atoms with Gasteiger partial charge in [-0.05, 0) is 49.4 Å². The molecule has 4 nitrogen and oxygen atoms in total. The minimum atomic E-state index is 0.0777. The Labute approximate surface area is 159 Å². The van der Waals surface area contributed by atoms with Gasteiger partial charge in [0.1, 0.15) is 24.4 Å². The first-order valence-corrected chi connectivity index (χ1v) is 11.2. The molecule has 2 aliphatic carbocycles. The molecular weight excluding hydrogens is 328 g/mol.